The van der Waals surface area contributed by atoms with E-state index in [2.05, 4.69) is 5.32 Å². The molecule has 2 aromatic rings. The Hall–Kier alpha value is -1.42. The van der Waals surface area contributed by atoms with Crippen molar-refractivity contribution in [1.29, 1.82) is 0 Å². The Morgan fingerprint density at radius 2 is 2.06 bits per heavy atom. The molecule has 0 fully saturated rings. The summed E-state index contributed by atoms with van der Waals surface area (Å²) in [6.45, 7) is 4.54. The Morgan fingerprint density at radius 3 is 2.75 bits per heavy atom. The van der Waals surface area contributed by atoms with E-state index in [-0.39, 0.29) is 5.58 Å². The highest BCUT2D eigenvalue weighted by Gasteiger charge is 2.12. The topological polar surface area (TPSA) is 25.2 Å². The Labute approximate surface area is 92.2 Å². The Balaban J connectivity index is 2.40. The summed E-state index contributed by atoms with van der Waals surface area (Å²) < 4.78 is 31.4. The van der Waals surface area contributed by atoms with Gasteiger partial charge in [0.15, 0.2) is 11.4 Å². The van der Waals surface area contributed by atoms with Gasteiger partial charge < -0.3 is 9.73 Å². The lowest BCUT2D eigenvalue weighted by molar-refractivity contribution is 0.541. The zero-order valence-electron chi connectivity index (χ0n) is 9.18. The van der Waals surface area contributed by atoms with Crippen LogP contribution in [-0.4, -0.2) is 6.04 Å². The van der Waals surface area contributed by atoms with Crippen molar-refractivity contribution in [2.45, 2.75) is 26.4 Å². The second kappa shape index (κ2) is 4.22. The molecule has 0 amide bonds. The lowest BCUT2D eigenvalue weighted by Crippen LogP contribution is -2.21. The average Bonchev–Trinajstić information content (AvgIpc) is 2.58. The van der Waals surface area contributed by atoms with Crippen molar-refractivity contribution < 1.29 is 13.2 Å². The van der Waals surface area contributed by atoms with Gasteiger partial charge >= 0.3 is 0 Å². The van der Waals surface area contributed by atoms with Crippen LogP contribution in [0.3, 0.4) is 0 Å². The molecule has 0 unspecified atom stereocenters. The predicted molar refractivity (Wildman–Crippen MR) is 58.1 cm³/mol. The number of hydrogen-bond acceptors (Lipinski definition) is 2. The van der Waals surface area contributed by atoms with Crippen LogP contribution in [0.25, 0.3) is 11.0 Å². The number of nitrogens with one attached hydrogen (secondary N) is 1. The molecule has 0 aliphatic heterocycles. The number of halogens is 2. The van der Waals surface area contributed by atoms with Crippen LogP contribution in [0.1, 0.15) is 19.4 Å². The summed E-state index contributed by atoms with van der Waals surface area (Å²) in [5.74, 6) is -1.25. The maximum absolute atomic E-state index is 13.3. The minimum absolute atomic E-state index is 0.113. The molecule has 1 aromatic heterocycles. The monoisotopic (exact) mass is 225 g/mol. The highest BCUT2D eigenvalue weighted by atomic mass is 19.1. The zero-order valence-corrected chi connectivity index (χ0v) is 9.18. The number of fused-ring (bicyclic) bond motifs is 1. The summed E-state index contributed by atoms with van der Waals surface area (Å²) in [6, 6.07) is 2.42. The van der Waals surface area contributed by atoms with Gasteiger partial charge in [-0.25, -0.2) is 8.78 Å². The van der Waals surface area contributed by atoms with Crippen LogP contribution in [0, 0.1) is 11.6 Å². The first-order valence-corrected chi connectivity index (χ1v) is 5.16. The number of benzene rings is 1. The Morgan fingerprint density at radius 1 is 1.31 bits per heavy atom. The first-order chi connectivity index (χ1) is 7.58. The largest absolute Gasteiger partial charge is 0.461 e. The van der Waals surface area contributed by atoms with Crippen molar-refractivity contribution >= 4 is 11.0 Å². The minimum Gasteiger partial charge on any atom is -0.461 e. The van der Waals surface area contributed by atoms with E-state index in [0.29, 0.717) is 18.0 Å². The van der Waals surface area contributed by atoms with E-state index in [1.807, 2.05) is 13.8 Å². The fraction of sp³-hybridized carbons (Fsp3) is 0.333. The average molecular weight is 225 g/mol. The van der Waals surface area contributed by atoms with E-state index >= 15 is 0 Å². The molecule has 1 heterocycles. The molecule has 0 saturated carbocycles. The van der Waals surface area contributed by atoms with Crippen LogP contribution in [-0.2, 0) is 6.54 Å². The summed E-state index contributed by atoms with van der Waals surface area (Å²) in [4.78, 5) is 0. The van der Waals surface area contributed by atoms with E-state index in [0.717, 1.165) is 11.6 Å². The van der Waals surface area contributed by atoms with Crippen LogP contribution in [0.2, 0.25) is 0 Å². The number of furan rings is 1. The maximum atomic E-state index is 13.3. The first kappa shape index (κ1) is 11.1. The molecule has 0 aliphatic carbocycles. The predicted octanol–water partition coefficient (Wildman–Crippen LogP) is 3.21. The van der Waals surface area contributed by atoms with E-state index in [9.17, 15) is 8.78 Å². The highest BCUT2D eigenvalue weighted by molar-refractivity contribution is 5.81. The molecule has 2 nitrogen and oxygen atoms in total. The fourth-order valence-corrected chi connectivity index (χ4v) is 1.56. The van der Waals surface area contributed by atoms with Crippen LogP contribution in [0.15, 0.2) is 22.8 Å². The third-order valence-corrected chi connectivity index (χ3v) is 2.37. The molecule has 86 valence electrons. The van der Waals surface area contributed by atoms with Crippen LogP contribution in [0.5, 0.6) is 0 Å². The minimum atomic E-state index is -0.661. The van der Waals surface area contributed by atoms with Gasteiger partial charge in [0.05, 0.1) is 6.26 Å². The summed E-state index contributed by atoms with van der Waals surface area (Å²) >= 11 is 0. The van der Waals surface area contributed by atoms with Crippen molar-refractivity contribution in [2.75, 3.05) is 0 Å². The van der Waals surface area contributed by atoms with Crippen molar-refractivity contribution in [3.05, 3.63) is 35.6 Å². The molecule has 16 heavy (non-hydrogen) atoms. The summed E-state index contributed by atoms with van der Waals surface area (Å²) in [7, 11) is 0. The quantitative estimate of drug-likeness (QED) is 0.867. The van der Waals surface area contributed by atoms with Gasteiger partial charge in [0, 0.05) is 29.6 Å². The smallest absolute Gasteiger partial charge is 0.170 e. The molecular formula is C12H13F2NO. The first-order valence-electron chi connectivity index (χ1n) is 5.16. The molecule has 0 bridgehead atoms. The van der Waals surface area contributed by atoms with Gasteiger partial charge in [0.1, 0.15) is 5.82 Å². The summed E-state index contributed by atoms with van der Waals surface area (Å²) in [6.07, 6.45) is 1.46. The molecule has 1 N–H and O–H groups in total. The highest BCUT2D eigenvalue weighted by Crippen LogP contribution is 2.25. The molecule has 4 heteroatoms. The van der Waals surface area contributed by atoms with Gasteiger partial charge in [0.25, 0.3) is 0 Å². The van der Waals surface area contributed by atoms with Gasteiger partial charge in [-0.3, -0.25) is 0 Å². The molecule has 0 spiro atoms. The van der Waals surface area contributed by atoms with Crippen molar-refractivity contribution in [3.63, 3.8) is 0 Å². The summed E-state index contributed by atoms with van der Waals surface area (Å²) in [5, 5.41) is 3.67. The van der Waals surface area contributed by atoms with E-state index < -0.39 is 11.6 Å². The lowest BCUT2D eigenvalue weighted by Gasteiger charge is -2.06. The molecule has 2 rings (SSSR count). The second-order valence-electron chi connectivity index (χ2n) is 4.06. The third kappa shape index (κ3) is 2.07. The molecule has 0 atom stereocenters. The SMILES string of the molecule is CC(C)NCc1coc2c(F)cc(F)cc12. The third-order valence-electron chi connectivity index (χ3n) is 2.37. The van der Waals surface area contributed by atoms with E-state index in [4.69, 9.17) is 4.42 Å². The summed E-state index contributed by atoms with van der Waals surface area (Å²) in [5.41, 5.74) is 0.879. The number of rotatable bonds is 3. The van der Waals surface area contributed by atoms with Crippen molar-refractivity contribution in [3.8, 4) is 0 Å². The molecule has 0 aliphatic rings. The van der Waals surface area contributed by atoms with Crippen LogP contribution in [0.4, 0.5) is 8.78 Å². The Bertz CT molecular complexity index is 505. The fourth-order valence-electron chi connectivity index (χ4n) is 1.56. The Kier molecular flexibility index (Phi) is 2.92. The van der Waals surface area contributed by atoms with Crippen LogP contribution >= 0.6 is 0 Å². The van der Waals surface area contributed by atoms with E-state index in [1.54, 1.807) is 0 Å². The lowest BCUT2D eigenvalue weighted by atomic mass is 10.1. The van der Waals surface area contributed by atoms with Gasteiger partial charge in [-0.15, -0.1) is 0 Å². The van der Waals surface area contributed by atoms with Gasteiger partial charge in [0.2, 0.25) is 0 Å². The number of hydrogen-bond donors (Lipinski definition) is 1. The molecule has 0 saturated heterocycles. The van der Waals surface area contributed by atoms with E-state index in [1.165, 1.54) is 12.3 Å². The zero-order chi connectivity index (χ0) is 11.7. The van der Waals surface area contributed by atoms with Crippen molar-refractivity contribution in [1.82, 2.24) is 5.32 Å². The van der Waals surface area contributed by atoms with Crippen LogP contribution < -0.4 is 5.32 Å². The van der Waals surface area contributed by atoms with Gasteiger partial charge in [-0.05, 0) is 6.07 Å². The van der Waals surface area contributed by atoms with Crippen molar-refractivity contribution in [2.24, 2.45) is 0 Å². The van der Waals surface area contributed by atoms with Gasteiger partial charge in [-0.1, -0.05) is 13.8 Å². The van der Waals surface area contributed by atoms with Gasteiger partial charge in [-0.2, -0.15) is 0 Å². The molecule has 0 radical (unpaired) electrons. The standard InChI is InChI=1S/C12H13F2NO/c1-7(2)15-5-8-6-16-12-10(8)3-9(13)4-11(12)14/h3-4,6-7,15H,5H2,1-2H3. The normalized spacial score (nSPS) is 11.6. The maximum Gasteiger partial charge on any atom is 0.170 e. The molecular weight excluding hydrogens is 212 g/mol. The second-order valence-corrected chi connectivity index (χ2v) is 4.06. The molecule has 1 aromatic carbocycles.